The first-order valence-corrected chi connectivity index (χ1v) is 10.3. The van der Waals surface area contributed by atoms with Gasteiger partial charge in [-0.3, -0.25) is 0 Å². The molecule has 2 aromatic heterocycles. The highest BCUT2D eigenvalue weighted by molar-refractivity contribution is 7.98. The molecular weight excluding hydrogens is 404 g/mol. The van der Waals surface area contributed by atoms with E-state index in [1.807, 2.05) is 54.9 Å². The summed E-state index contributed by atoms with van der Waals surface area (Å²) in [5.74, 6) is 0.536. The molecule has 6 nitrogen and oxygen atoms in total. The van der Waals surface area contributed by atoms with Crippen LogP contribution >= 0.6 is 23.4 Å². The van der Waals surface area contributed by atoms with Crippen molar-refractivity contribution in [1.82, 2.24) is 9.97 Å². The van der Waals surface area contributed by atoms with Gasteiger partial charge < -0.3 is 21.4 Å². The first kappa shape index (κ1) is 19.0. The van der Waals surface area contributed by atoms with Gasteiger partial charge in [0.2, 0.25) is 0 Å². The second-order valence-electron chi connectivity index (χ2n) is 6.34. The van der Waals surface area contributed by atoms with Crippen LogP contribution in [0.25, 0.3) is 10.9 Å². The fraction of sp³-hybridized carbons (Fsp3) is 0.0476. The lowest BCUT2D eigenvalue weighted by atomic mass is 10.2. The van der Waals surface area contributed by atoms with Gasteiger partial charge in [0.05, 0.1) is 5.02 Å². The van der Waals surface area contributed by atoms with Gasteiger partial charge in [-0.25, -0.2) is 4.98 Å². The molecule has 0 atom stereocenters. The summed E-state index contributed by atoms with van der Waals surface area (Å²) in [4.78, 5) is 8.47. The zero-order chi connectivity index (χ0) is 20.4. The monoisotopic (exact) mass is 420 g/mol. The van der Waals surface area contributed by atoms with Gasteiger partial charge in [0.15, 0.2) is 0 Å². The number of benzene rings is 2. The molecule has 0 radical (unpaired) electrons. The predicted octanol–water partition coefficient (Wildman–Crippen LogP) is 5.88. The van der Waals surface area contributed by atoms with Gasteiger partial charge in [-0.1, -0.05) is 11.6 Å². The molecule has 2 aromatic carbocycles. The van der Waals surface area contributed by atoms with Crippen molar-refractivity contribution in [1.29, 1.82) is 5.26 Å². The molecule has 0 unspecified atom stereocenters. The van der Waals surface area contributed by atoms with Gasteiger partial charge in [0.25, 0.3) is 0 Å². The number of aromatic amines is 1. The number of fused-ring (bicyclic) bond motifs is 1. The molecule has 0 saturated carbocycles. The maximum absolute atomic E-state index is 9.38. The molecule has 4 rings (SSSR count). The first-order chi connectivity index (χ1) is 14.1. The number of halogens is 1. The van der Waals surface area contributed by atoms with Gasteiger partial charge >= 0.3 is 0 Å². The number of nitrogens with zero attached hydrogens (tertiary/aromatic N) is 2. The summed E-state index contributed by atoms with van der Waals surface area (Å²) in [5, 5.41) is 17.5. The summed E-state index contributed by atoms with van der Waals surface area (Å²) in [6, 6.07) is 17.1. The van der Waals surface area contributed by atoms with Crippen molar-refractivity contribution in [2.24, 2.45) is 0 Å². The van der Waals surface area contributed by atoms with E-state index in [1.54, 1.807) is 17.8 Å². The largest absolute Gasteiger partial charge is 0.398 e. The molecule has 5 N–H and O–H groups in total. The molecule has 0 amide bonds. The van der Waals surface area contributed by atoms with E-state index in [2.05, 4.69) is 26.7 Å². The molecule has 0 aliphatic heterocycles. The molecule has 0 saturated heterocycles. The number of nitrogens with one attached hydrogen (secondary N) is 3. The fourth-order valence-electron chi connectivity index (χ4n) is 3.02. The Labute approximate surface area is 177 Å². The molecule has 0 bridgehead atoms. The summed E-state index contributed by atoms with van der Waals surface area (Å²) in [5.41, 5.74) is 10.3. The van der Waals surface area contributed by atoms with Crippen LogP contribution in [0.2, 0.25) is 5.02 Å². The summed E-state index contributed by atoms with van der Waals surface area (Å²) in [6.45, 7) is 0. The summed E-state index contributed by atoms with van der Waals surface area (Å²) in [7, 11) is 0. The number of nitrogen functional groups attached to an aromatic ring is 1. The maximum atomic E-state index is 9.38. The molecule has 8 heteroatoms. The predicted molar refractivity (Wildman–Crippen MR) is 121 cm³/mol. The molecule has 4 aromatic rings. The van der Waals surface area contributed by atoms with E-state index in [9.17, 15) is 5.26 Å². The van der Waals surface area contributed by atoms with E-state index in [-0.39, 0.29) is 0 Å². The minimum Gasteiger partial charge on any atom is -0.398 e. The van der Waals surface area contributed by atoms with Gasteiger partial charge in [0.1, 0.15) is 17.6 Å². The van der Waals surface area contributed by atoms with Gasteiger partial charge in [-0.15, -0.1) is 11.8 Å². The molecule has 0 spiro atoms. The lowest BCUT2D eigenvalue weighted by molar-refractivity contribution is 1.25. The zero-order valence-corrected chi connectivity index (χ0v) is 17.0. The quantitative estimate of drug-likeness (QED) is 0.237. The molecule has 0 aliphatic carbocycles. The smallest absolute Gasteiger partial charge is 0.144 e. The van der Waals surface area contributed by atoms with E-state index >= 15 is 0 Å². The highest BCUT2D eigenvalue weighted by Crippen LogP contribution is 2.31. The summed E-state index contributed by atoms with van der Waals surface area (Å²) < 4.78 is 0. The van der Waals surface area contributed by atoms with E-state index < -0.39 is 0 Å². The van der Waals surface area contributed by atoms with E-state index in [0.29, 0.717) is 16.5 Å². The summed E-state index contributed by atoms with van der Waals surface area (Å²) >= 11 is 7.93. The van der Waals surface area contributed by atoms with Crippen LogP contribution in [-0.2, 0) is 0 Å². The number of nitrogens with two attached hydrogens (primary N) is 1. The Kier molecular flexibility index (Phi) is 5.21. The van der Waals surface area contributed by atoms with Crippen molar-refractivity contribution in [3.63, 3.8) is 0 Å². The molecule has 144 valence electrons. The Balaban J connectivity index is 1.65. The third-order valence-corrected chi connectivity index (χ3v) is 5.46. The van der Waals surface area contributed by atoms with E-state index in [1.165, 1.54) is 0 Å². The SMILES string of the molecule is CSc1cc(Nc2cc(C#N)nc(Nc3cc(Cl)c4cc[nH]c4c3)c2)ccc1N. The van der Waals surface area contributed by atoms with E-state index in [0.717, 1.165) is 38.5 Å². The van der Waals surface area contributed by atoms with Gasteiger partial charge in [-0.05, 0) is 48.7 Å². The Morgan fingerprint density at radius 2 is 1.90 bits per heavy atom. The van der Waals surface area contributed by atoms with Crippen LogP contribution in [0.15, 0.2) is 59.6 Å². The van der Waals surface area contributed by atoms with Crippen LogP contribution in [-0.4, -0.2) is 16.2 Å². The van der Waals surface area contributed by atoms with Crippen LogP contribution in [0, 0.1) is 11.3 Å². The zero-order valence-electron chi connectivity index (χ0n) is 15.5. The second-order valence-corrected chi connectivity index (χ2v) is 7.60. The lowest BCUT2D eigenvalue weighted by Gasteiger charge is -2.12. The number of thioether (sulfide) groups is 1. The Bertz CT molecular complexity index is 1240. The molecule has 2 heterocycles. The third kappa shape index (κ3) is 4.09. The Hall–Kier alpha value is -3.34. The van der Waals surface area contributed by atoms with Crippen molar-refractivity contribution >= 4 is 62.8 Å². The number of rotatable bonds is 5. The van der Waals surface area contributed by atoms with Gasteiger partial charge in [0, 0.05) is 50.8 Å². The number of hydrogen-bond acceptors (Lipinski definition) is 6. The van der Waals surface area contributed by atoms with Crippen LogP contribution < -0.4 is 16.4 Å². The minimum atomic E-state index is 0.296. The Morgan fingerprint density at radius 1 is 1.07 bits per heavy atom. The average molecular weight is 421 g/mol. The second kappa shape index (κ2) is 7.95. The maximum Gasteiger partial charge on any atom is 0.144 e. The number of anilines is 5. The van der Waals surface area contributed by atoms with Crippen molar-refractivity contribution in [3.8, 4) is 6.07 Å². The standard InChI is InChI=1S/C21H17ClN6S/c1-29-20-9-12(2-3-18(20)24)26-13-6-15(11-23)28-21(10-13)27-14-7-17(22)16-4-5-25-19(16)8-14/h2-10,25H,24H2,1H3,(H2,26,27,28). The number of hydrogen-bond donors (Lipinski definition) is 4. The third-order valence-electron chi connectivity index (χ3n) is 4.35. The van der Waals surface area contributed by atoms with Crippen molar-refractivity contribution in [3.05, 3.63) is 65.4 Å². The first-order valence-electron chi connectivity index (χ1n) is 8.72. The molecule has 29 heavy (non-hydrogen) atoms. The van der Waals surface area contributed by atoms with Crippen molar-refractivity contribution in [2.75, 3.05) is 22.6 Å². The Morgan fingerprint density at radius 3 is 2.69 bits per heavy atom. The van der Waals surface area contributed by atoms with E-state index in [4.69, 9.17) is 17.3 Å². The lowest BCUT2D eigenvalue weighted by Crippen LogP contribution is -1.99. The number of aromatic nitrogens is 2. The molecule has 0 aliphatic rings. The van der Waals surface area contributed by atoms with Crippen LogP contribution in [0.5, 0.6) is 0 Å². The van der Waals surface area contributed by atoms with Crippen molar-refractivity contribution in [2.45, 2.75) is 4.90 Å². The fourth-order valence-corrected chi connectivity index (χ4v) is 3.85. The van der Waals surface area contributed by atoms with Gasteiger partial charge in [-0.2, -0.15) is 5.26 Å². The normalized spacial score (nSPS) is 10.7. The van der Waals surface area contributed by atoms with Crippen molar-refractivity contribution < 1.29 is 0 Å². The number of pyridine rings is 1. The molecular formula is C21H17ClN6S. The highest BCUT2D eigenvalue weighted by atomic mass is 35.5. The highest BCUT2D eigenvalue weighted by Gasteiger charge is 2.08. The van der Waals surface area contributed by atoms with Crippen LogP contribution in [0.4, 0.5) is 28.6 Å². The number of nitriles is 1. The summed E-state index contributed by atoms with van der Waals surface area (Å²) in [6.07, 6.45) is 3.82. The average Bonchev–Trinajstić information content (AvgIpc) is 3.18. The van der Waals surface area contributed by atoms with Crippen LogP contribution in [0.1, 0.15) is 5.69 Å². The molecule has 0 fully saturated rings. The topological polar surface area (TPSA) is 103 Å². The number of H-pyrrole nitrogens is 1. The van der Waals surface area contributed by atoms with Crippen LogP contribution in [0.3, 0.4) is 0 Å². The minimum absolute atomic E-state index is 0.296.